The third-order valence-corrected chi connectivity index (χ3v) is 1.53. The van der Waals surface area contributed by atoms with E-state index in [4.69, 9.17) is 16.3 Å². The molecular formula is C9H8ClFO2. The zero-order chi connectivity index (χ0) is 9.68. The van der Waals surface area contributed by atoms with Crippen LogP contribution in [-0.2, 0) is 4.79 Å². The topological polar surface area (TPSA) is 26.3 Å². The van der Waals surface area contributed by atoms with Crippen LogP contribution in [0.15, 0.2) is 24.3 Å². The lowest BCUT2D eigenvalue weighted by Gasteiger charge is -2.01. The van der Waals surface area contributed by atoms with E-state index < -0.39 is 5.97 Å². The highest BCUT2D eigenvalue weighted by molar-refractivity contribution is 6.18. The molecule has 0 unspecified atom stereocenters. The number of carbonyl (C=O) groups is 1. The van der Waals surface area contributed by atoms with Gasteiger partial charge in [-0.3, -0.25) is 4.79 Å². The summed E-state index contributed by atoms with van der Waals surface area (Å²) in [5.74, 6) is -0.227. The van der Waals surface area contributed by atoms with E-state index in [-0.39, 0.29) is 18.1 Å². The fourth-order valence-corrected chi connectivity index (χ4v) is 0.917. The predicted molar refractivity (Wildman–Crippen MR) is 47.4 cm³/mol. The summed E-state index contributed by atoms with van der Waals surface area (Å²) in [6.45, 7) is 0. The second kappa shape index (κ2) is 4.82. The molecule has 0 heterocycles. The summed E-state index contributed by atoms with van der Waals surface area (Å²) in [6.07, 6.45) is 0.152. The van der Waals surface area contributed by atoms with Gasteiger partial charge in [-0.2, -0.15) is 0 Å². The number of hydrogen-bond acceptors (Lipinski definition) is 2. The Morgan fingerprint density at radius 1 is 1.38 bits per heavy atom. The summed E-state index contributed by atoms with van der Waals surface area (Å²) < 4.78 is 17.2. The van der Waals surface area contributed by atoms with Crippen LogP contribution in [0, 0.1) is 5.82 Å². The maximum Gasteiger partial charge on any atom is 0.312 e. The predicted octanol–water partition coefficient (Wildman–Crippen LogP) is 2.36. The Kier molecular flexibility index (Phi) is 3.71. The highest BCUT2D eigenvalue weighted by atomic mass is 35.5. The van der Waals surface area contributed by atoms with Gasteiger partial charge in [-0.15, -0.1) is 11.6 Å². The number of hydrogen-bond donors (Lipinski definition) is 0. The molecule has 0 amide bonds. The summed E-state index contributed by atoms with van der Waals surface area (Å²) >= 11 is 5.33. The molecule has 0 spiro atoms. The number of alkyl halides is 1. The molecule has 0 radical (unpaired) electrons. The first-order valence-corrected chi connectivity index (χ1v) is 4.28. The molecule has 0 aromatic heterocycles. The minimum atomic E-state index is -0.415. The van der Waals surface area contributed by atoms with Crippen LogP contribution in [0.25, 0.3) is 0 Å². The second-order valence-electron chi connectivity index (χ2n) is 2.37. The molecule has 0 fully saturated rings. The third-order valence-electron chi connectivity index (χ3n) is 1.34. The highest BCUT2D eigenvalue weighted by Gasteiger charge is 2.02. The van der Waals surface area contributed by atoms with Crippen molar-refractivity contribution in [3.05, 3.63) is 30.1 Å². The molecule has 13 heavy (non-hydrogen) atoms. The highest BCUT2D eigenvalue weighted by Crippen LogP contribution is 2.11. The average Bonchev–Trinajstić information content (AvgIpc) is 2.09. The van der Waals surface area contributed by atoms with Gasteiger partial charge >= 0.3 is 5.97 Å². The Labute approximate surface area is 80.3 Å². The van der Waals surface area contributed by atoms with Crippen LogP contribution in [0.5, 0.6) is 5.75 Å². The molecule has 1 aromatic rings. The van der Waals surface area contributed by atoms with E-state index in [0.29, 0.717) is 5.75 Å². The molecule has 0 N–H and O–H groups in total. The monoisotopic (exact) mass is 202 g/mol. The van der Waals surface area contributed by atoms with Crippen LogP contribution >= 0.6 is 11.6 Å². The minimum Gasteiger partial charge on any atom is -0.426 e. The SMILES string of the molecule is O=C(CCCl)Oc1ccc(F)cc1. The van der Waals surface area contributed by atoms with E-state index in [1.807, 2.05) is 0 Å². The zero-order valence-corrected chi connectivity index (χ0v) is 7.55. The smallest absolute Gasteiger partial charge is 0.312 e. The van der Waals surface area contributed by atoms with Crippen LogP contribution in [0.1, 0.15) is 6.42 Å². The Morgan fingerprint density at radius 2 is 2.00 bits per heavy atom. The van der Waals surface area contributed by atoms with Gasteiger partial charge in [0.05, 0.1) is 6.42 Å². The lowest BCUT2D eigenvalue weighted by atomic mass is 10.3. The van der Waals surface area contributed by atoms with Gasteiger partial charge in [0.1, 0.15) is 11.6 Å². The van der Waals surface area contributed by atoms with E-state index in [9.17, 15) is 9.18 Å². The van der Waals surface area contributed by atoms with Crippen molar-refractivity contribution in [1.29, 1.82) is 0 Å². The lowest BCUT2D eigenvalue weighted by molar-refractivity contribution is -0.133. The number of ether oxygens (including phenoxy) is 1. The molecule has 2 nitrogen and oxygen atoms in total. The first-order chi connectivity index (χ1) is 6.22. The van der Waals surface area contributed by atoms with Crippen molar-refractivity contribution in [1.82, 2.24) is 0 Å². The summed E-state index contributed by atoms with van der Waals surface area (Å²) in [5, 5.41) is 0. The van der Waals surface area contributed by atoms with Crippen LogP contribution in [-0.4, -0.2) is 11.8 Å². The molecule has 0 aliphatic carbocycles. The summed E-state index contributed by atoms with van der Waals surface area (Å²) in [5.41, 5.74) is 0. The van der Waals surface area contributed by atoms with Gasteiger partial charge in [0.15, 0.2) is 0 Å². The van der Waals surface area contributed by atoms with E-state index in [0.717, 1.165) is 0 Å². The standard InChI is InChI=1S/C9H8ClFO2/c10-6-5-9(12)13-8-3-1-7(11)2-4-8/h1-4H,5-6H2. The molecule has 0 saturated heterocycles. The number of benzene rings is 1. The van der Waals surface area contributed by atoms with Crippen LogP contribution in [0.2, 0.25) is 0 Å². The third kappa shape index (κ3) is 3.42. The minimum absolute atomic E-state index is 0.152. The second-order valence-corrected chi connectivity index (χ2v) is 2.74. The van der Waals surface area contributed by atoms with Gasteiger partial charge in [-0.1, -0.05) is 0 Å². The Hall–Kier alpha value is -1.09. The molecule has 70 valence electrons. The van der Waals surface area contributed by atoms with E-state index in [2.05, 4.69) is 0 Å². The zero-order valence-electron chi connectivity index (χ0n) is 6.80. The Balaban J connectivity index is 2.54. The fraction of sp³-hybridized carbons (Fsp3) is 0.222. The van der Waals surface area contributed by atoms with Crippen LogP contribution < -0.4 is 4.74 Å². The molecule has 0 bridgehead atoms. The summed E-state index contributed by atoms with van der Waals surface area (Å²) in [6, 6.07) is 5.23. The van der Waals surface area contributed by atoms with Crippen molar-refractivity contribution in [2.24, 2.45) is 0 Å². The van der Waals surface area contributed by atoms with Gasteiger partial charge in [0.2, 0.25) is 0 Å². The Bertz CT molecular complexity index is 284. The van der Waals surface area contributed by atoms with Gasteiger partial charge in [0, 0.05) is 5.88 Å². The molecular weight excluding hydrogens is 195 g/mol. The van der Waals surface area contributed by atoms with Crippen molar-refractivity contribution in [2.45, 2.75) is 6.42 Å². The van der Waals surface area contributed by atoms with E-state index >= 15 is 0 Å². The average molecular weight is 203 g/mol. The number of carbonyl (C=O) groups excluding carboxylic acids is 1. The normalized spacial score (nSPS) is 9.69. The number of rotatable bonds is 3. The van der Waals surface area contributed by atoms with Crippen molar-refractivity contribution < 1.29 is 13.9 Å². The number of esters is 1. The van der Waals surface area contributed by atoms with Gasteiger partial charge < -0.3 is 4.74 Å². The van der Waals surface area contributed by atoms with Crippen molar-refractivity contribution in [3.8, 4) is 5.75 Å². The maximum atomic E-state index is 12.4. The van der Waals surface area contributed by atoms with Crippen molar-refractivity contribution in [2.75, 3.05) is 5.88 Å². The molecule has 1 rings (SSSR count). The fourth-order valence-electron chi connectivity index (χ4n) is 0.762. The maximum absolute atomic E-state index is 12.4. The number of halogens is 2. The molecule has 0 aliphatic heterocycles. The van der Waals surface area contributed by atoms with Crippen molar-refractivity contribution >= 4 is 17.6 Å². The van der Waals surface area contributed by atoms with Crippen LogP contribution in [0.4, 0.5) is 4.39 Å². The quantitative estimate of drug-likeness (QED) is 0.427. The molecule has 0 atom stereocenters. The van der Waals surface area contributed by atoms with Gasteiger partial charge in [0.25, 0.3) is 0 Å². The van der Waals surface area contributed by atoms with Crippen LogP contribution in [0.3, 0.4) is 0 Å². The van der Waals surface area contributed by atoms with Crippen molar-refractivity contribution in [3.63, 3.8) is 0 Å². The van der Waals surface area contributed by atoms with Gasteiger partial charge in [-0.25, -0.2) is 4.39 Å². The summed E-state index contributed by atoms with van der Waals surface area (Å²) in [7, 11) is 0. The Morgan fingerprint density at radius 3 is 2.54 bits per heavy atom. The summed E-state index contributed by atoms with van der Waals surface area (Å²) in [4.78, 5) is 10.9. The lowest BCUT2D eigenvalue weighted by Crippen LogP contribution is -2.07. The van der Waals surface area contributed by atoms with E-state index in [1.54, 1.807) is 0 Å². The largest absolute Gasteiger partial charge is 0.426 e. The van der Waals surface area contributed by atoms with E-state index in [1.165, 1.54) is 24.3 Å². The first-order valence-electron chi connectivity index (χ1n) is 3.74. The molecule has 4 heteroatoms. The molecule has 0 saturated carbocycles. The van der Waals surface area contributed by atoms with Gasteiger partial charge in [-0.05, 0) is 24.3 Å². The first kappa shape index (κ1) is 9.99. The molecule has 0 aliphatic rings. The molecule has 1 aromatic carbocycles.